The second-order valence-electron chi connectivity index (χ2n) is 6.18. The molecule has 3 aromatic carbocycles. The Kier molecular flexibility index (Phi) is 6.24. The number of carboxylic acids is 2. The normalized spacial score (nSPS) is 10.5. The van der Waals surface area contributed by atoms with Crippen molar-refractivity contribution in [3.63, 3.8) is 0 Å². The summed E-state index contributed by atoms with van der Waals surface area (Å²) in [5.74, 6) is -2.41. The topological polar surface area (TPSA) is 113 Å². The van der Waals surface area contributed by atoms with Gasteiger partial charge in [0.05, 0.1) is 11.1 Å². The van der Waals surface area contributed by atoms with Gasteiger partial charge in [-0.2, -0.15) is 0 Å². The fraction of sp³-hybridized carbons (Fsp3) is 0. The van der Waals surface area contributed by atoms with Gasteiger partial charge in [-0.15, -0.1) is 0 Å². The molecule has 3 N–H and O–H groups in total. The lowest BCUT2D eigenvalue weighted by atomic mass is 10.1. The van der Waals surface area contributed by atoms with Gasteiger partial charge in [0, 0.05) is 11.8 Å². The molecule has 0 spiro atoms. The number of anilines is 1. The van der Waals surface area contributed by atoms with Crippen LogP contribution < -0.4 is 10.1 Å². The molecule has 0 aliphatic carbocycles. The van der Waals surface area contributed by atoms with Crippen molar-refractivity contribution in [1.82, 2.24) is 0 Å². The van der Waals surface area contributed by atoms with Gasteiger partial charge in [0.25, 0.3) is 0 Å². The summed E-state index contributed by atoms with van der Waals surface area (Å²) in [6.45, 7) is 0. The Morgan fingerprint density at radius 2 is 1.40 bits per heavy atom. The zero-order chi connectivity index (χ0) is 21.5. The van der Waals surface area contributed by atoms with Crippen molar-refractivity contribution in [3.05, 3.63) is 95.6 Å². The van der Waals surface area contributed by atoms with Gasteiger partial charge in [0.15, 0.2) is 0 Å². The van der Waals surface area contributed by atoms with Crippen LogP contribution in [-0.4, -0.2) is 28.1 Å². The smallest absolute Gasteiger partial charge is 0.336 e. The van der Waals surface area contributed by atoms with E-state index in [4.69, 9.17) is 9.84 Å². The van der Waals surface area contributed by atoms with Crippen LogP contribution >= 0.6 is 0 Å². The fourth-order valence-electron chi connectivity index (χ4n) is 2.61. The first kappa shape index (κ1) is 20.3. The van der Waals surface area contributed by atoms with Crippen molar-refractivity contribution < 1.29 is 29.3 Å². The minimum atomic E-state index is -1.36. The Balaban J connectivity index is 1.65. The Labute approximate surface area is 171 Å². The number of amides is 1. The molecule has 7 nitrogen and oxygen atoms in total. The maximum atomic E-state index is 12.0. The quantitative estimate of drug-likeness (QED) is 0.500. The third-order valence-electron chi connectivity index (χ3n) is 4.04. The minimum absolute atomic E-state index is 0.181. The molecule has 0 heterocycles. The van der Waals surface area contributed by atoms with E-state index < -0.39 is 11.9 Å². The summed E-state index contributed by atoms with van der Waals surface area (Å²) >= 11 is 0. The molecule has 150 valence electrons. The summed E-state index contributed by atoms with van der Waals surface area (Å²) in [5.41, 5.74) is 0.772. The van der Waals surface area contributed by atoms with Crippen molar-refractivity contribution in [3.8, 4) is 11.5 Å². The summed E-state index contributed by atoms with van der Waals surface area (Å²) in [6.07, 6.45) is 3.13. The van der Waals surface area contributed by atoms with Crippen LogP contribution in [-0.2, 0) is 4.79 Å². The highest BCUT2D eigenvalue weighted by molar-refractivity contribution is 6.02. The maximum absolute atomic E-state index is 12.0. The molecule has 0 fully saturated rings. The van der Waals surface area contributed by atoms with Gasteiger partial charge < -0.3 is 20.3 Å². The van der Waals surface area contributed by atoms with Crippen molar-refractivity contribution in [2.24, 2.45) is 0 Å². The van der Waals surface area contributed by atoms with Crippen molar-refractivity contribution in [2.75, 3.05) is 5.32 Å². The molecule has 30 heavy (non-hydrogen) atoms. The molecule has 0 saturated heterocycles. The van der Waals surface area contributed by atoms with E-state index in [9.17, 15) is 19.5 Å². The number of nitrogens with one attached hydrogen (secondary N) is 1. The van der Waals surface area contributed by atoms with E-state index in [1.54, 1.807) is 30.3 Å². The molecule has 3 rings (SSSR count). The van der Waals surface area contributed by atoms with E-state index in [2.05, 4.69) is 5.32 Å². The highest BCUT2D eigenvalue weighted by atomic mass is 16.5. The van der Waals surface area contributed by atoms with E-state index in [1.165, 1.54) is 18.2 Å². The number of hydrogen-bond donors (Lipinski definition) is 3. The largest absolute Gasteiger partial charge is 0.478 e. The molecule has 3 aromatic rings. The SMILES string of the molecule is O=C(C=Cc1ccccc1)Nc1ccc(Oc2ccc(C(=O)O)c(C(=O)O)c2)cc1. The van der Waals surface area contributed by atoms with Crippen molar-refractivity contribution in [1.29, 1.82) is 0 Å². The second kappa shape index (κ2) is 9.20. The number of benzene rings is 3. The number of hydrogen-bond acceptors (Lipinski definition) is 4. The number of carbonyl (C=O) groups excluding carboxylic acids is 1. The van der Waals surface area contributed by atoms with E-state index in [0.29, 0.717) is 11.4 Å². The monoisotopic (exact) mass is 403 g/mol. The van der Waals surface area contributed by atoms with E-state index in [1.807, 2.05) is 30.3 Å². The Morgan fingerprint density at radius 1 is 0.767 bits per heavy atom. The van der Waals surface area contributed by atoms with E-state index in [0.717, 1.165) is 11.6 Å². The van der Waals surface area contributed by atoms with Gasteiger partial charge in [-0.1, -0.05) is 30.3 Å². The lowest BCUT2D eigenvalue weighted by Gasteiger charge is -2.09. The lowest BCUT2D eigenvalue weighted by Crippen LogP contribution is -2.08. The molecule has 0 aromatic heterocycles. The summed E-state index contributed by atoms with van der Waals surface area (Å²) < 4.78 is 5.59. The lowest BCUT2D eigenvalue weighted by molar-refractivity contribution is -0.111. The second-order valence-corrected chi connectivity index (χ2v) is 6.18. The molecular formula is C23H17NO6. The van der Waals surface area contributed by atoms with Crippen molar-refractivity contribution >= 4 is 29.6 Å². The molecule has 0 aliphatic rings. The molecule has 0 bridgehead atoms. The molecular weight excluding hydrogens is 386 g/mol. The number of ether oxygens (including phenoxy) is 1. The van der Waals surface area contributed by atoms with Gasteiger partial charge in [0.1, 0.15) is 11.5 Å². The average molecular weight is 403 g/mol. The number of aromatic carboxylic acids is 2. The Bertz CT molecular complexity index is 1100. The van der Waals surface area contributed by atoms with Gasteiger partial charge in [-0.05, 0) is 54.1 Å². The third-order valence-corrected chi connectivity index (χ3v) is 4.04. The number of rotatable bonds is 7. The third kappa shape index (κ3) is 5.32. The zero-order valence-electron chi connectivity index (χ0n) is 15.6. The predicted molar refractivity (Wildman–Crippen MR) is 111 cm³/mol. The average Bonchev–Trinajstić information content (AvgIpc) is 2.74. The van der Waals surface area contributed by atoms with Gasteiger partial charge in [-0.3, -0.25) is 4.79 Å². The fourth-order valence-corrected chi connectivity index (χ4v) is 2.61. The summed E-state index contributed by atoms with van der Waals surface area (Å²) in [4.78, 5) is 34.4. The van der Waals surface area contributed by atoms with Crippen molar-refractivity contribution in [2.45, 2.75) is 0 Å². The van der Waals surface area contributed by atoms with Crippen LogP contribution in [0.4, 0.5) is 5.69 Å². The Hall–Kier alpha value is -4.39. The van der Waals surface area contributed by atoms with E-state index >= 15 is 0 Å². The minimum Gasteiger partial charge on any atom is -0.478 e. The summed E-state index contributed by atoms with van der Waals surface area (Å²) in [5, 5.41) is 21.0. The first-order valence-corrected chi connectivity index (χ1v) is 8.85. The summed E-state index contributed by atoms with van der Waals surface area (Å²) in [7, 11) is 0. The predicted octanol–water partition coefficient (Wildman–Crippen LogP) is 4.53. The van der Waals surface area contributed by atoms with Crippen LogP contribution in [0.1, 0.15) is 26.3 Å². The maximum Gasteiger partial charge on any atom is 0.336 e. The first-order chi connectivity index (χ1) is 14.4. The van der Waals surface area contributed by atoms with Crippen LogP contribution in [0.3, 0.4) is 0 Å². The van der Waals surface area contributed by atoms with Crippen LogP contribution in [0.25, 0.3) is 6.08 Å². The molecule has 0 radical (unpaired) electrons. The number of carboxylic acid groups (broad SMARTS) is 2. The standard InChI is InChI=1S/C23H17NO6/c25-21(13-6-15-4-2-1-3-5-15)24-16-7-9-17(10-8-16)30-18-11-12-19(22(26)27)20(14-18)23(28)29/h1-14H,(H,24,25)(H,26,27)(H,28,29). The highest BCUT2D eigenvalue weighted by Crippen LogP contribution is 2.25. The molecule has 1 amide bonds. The van der Waals surface area contributed by atoms with E-state index in [-0.39, 0.29) is 22.8 Å². The van der Waals surface area contributed by atoms with Crippen LogP contribution in [0.15, 0.2) is 78.9 Å². The molecule has 0 unspecified atom stereocenters. The van der Waals surface area contributed by atoms with Crippen LogP contribution in [0.2, 0.25) is 0 Å². The highest BCUT2D eigenvalue weighted by Gasteiger charge is 2.17. The molecule has 0 saturated carbocycles. The summed E-state index contributed by atoms with van der Waals surface area (Å²) in [6, 6.07) is 19.6. The first-order valence-electron chi connectivity index (χ1n) is 8.85. The van der Waals surface area contributed by atoms with Gasteiger partial charge in [-0.25, -0.2) is 9.59 Å². The molecule has 7 heteroatoms. The van der Waals surface area contributed by atoms with Gasteiger partial charge in [0.2, 0.25) is 5.91 Å². The van der Waals surface area contributed by atoms with Crippen LogP contribution in [0.5, 0.6) is 11.5 Å². The van der Waals surface area contributed by atoms with Crippen LogP contribution in [0, 0.1) is 0 Å². The van der Waals surface area contributed by atoms with Gasteiger partial charge >= 0.3 is 11.9 Å². The Morgan fingerprint density at radius 3 is 2.03 bits per heavy atom. The zero-order valence-corrected chi connectivity index (χ0v) is 15.6. The molecule has 0 atom stereocenters. The number of carbonyl (C=O) groups is 3. The molecule has 0 aliphatic heterocycles.